The second kappa shape index (κ2) is 4.04. The van der Waals surface area contributed by atoms with Crippen LogP contribution in [0.1, 0.15) is 11.1 Å². The van der Waals surface area contributed by atoms with E-state index < -0.39 is 21.7 Å². The minimum Gasteiger partial charge on any atom is -0.392 e. The van der Waals surface area contributed by atoms with E-state index in [1.165, 1.54) is 6.07 Å². The van der Waals surface area contributed by atoms with Gasteiger partial charge in [0, 0.05) is 0 Å². The van der Waals surface area contributed by atoms with E-state index in [2.05, 4.69) is 0 Å². The van der Waals surface area contributed by atoms with Gasteiger partial charge in [-0.3, -0.25) is 0 Å². The van der Waals surface area contributed by atoms with Crippen LogP contribution in [0.25, 0.3) is 0 Å². The fourth-order valence-electron chi connectivity index (χ4n) is 1.06. The van der Waals surface area contributed by atoms with Crippen molar-refractivity contribution < 1.29 is 22.5 Å². The summed E-state index contributed by atoms with van der Waals surface area (Å²) in [5.41, 5.74) is 0.575. The summed E-state index contributed by atoms with van der Waals surface area (Å²) in [7, 11) is -4.75. The molecule has 6 heteroatoms. The molecule has 2 N–H and O–H groups in total. The highest BCUT2D eigenvalue weighted by atomic mass is 32.3. The highest BCUT2D eigenvalue weighted by molar-refractivity contribution is 7.86. The van der Waals surface area contributed by atoms with Crippen LogP contribution in [0.4, 0.5) is 3.89 Å². The molecule has 0 aromatic heterocycles. The molecule has 0 radical (unpaired) electrons. The third-order valence-electron chi connectivity index (χ3n) is 1.80. The molecular weight excluding hydrogens is 211 g/mol. The van der Waals surface area contributed by atoms with Gasteiger partial charge in [-0.15, -0.1) is 3.89 Å². The van der Waals surface area contributed by atoms with Crippen molar-refractivity contribution in [2.24, 2.45) is 0 Å². The monoisotopic (exact) mass is 220 g/mol. The topological polar surface area (TPSA) is 74.6 Å². The summed E-state index contributed by atoms with van der Waals surface area (Å²) >= 11 is 0. The summed E-state index contributed by atoms with van der Waals surface area (Å²) in [6.07, 6.45) is 0. The lowest BCUT2D eigenvalue weighted by Gasteiger charge is -2.05. The lowest BCUT2D eigenvalue weighted by molar-refractivity contribution is 0.259. The summed E-state index contributed by atoms with van der Waals surface area (Å²) in [5.74, 6) is 0. The standard InChI is InChI=1S/C8H9FO4S/c9-14(12,13)8-2-1-6(4-10)7(3-8)5-11/h1-3,10-11H,4-5H2. The SMILES string of the molecule is O=S(=O)(F)c1ccc(CO)c(CO)c1. The molecule has 0 unspecified atom stereocenters. The van der Waals surface area contributed by atoms with Crippen molar-refractivity contribution in [1.82, 2.24) is 0 Å². The molecule has 0 aliphatic carbocycles. The molecule has 0 saturated heterocycles. The molecule has 1 rings (SSSR count). The van der Waals surface area contributed by atoms with Crippen LogP contribution in [0.2, 0.25) is 0 Å². The molecule has 0 aliphatic rings. The maximum Gasteiger partial charge on any atom is 0.332 e. The van der Waals surface area contributed by atoms with Crippen LogP contribution in [0.5, 0.6) is 0 Å². The highest BCUT2D eigenvalue weighted by Gasteiger charge is 2.13. The van der Waals surface area contributed by atoms with Gasteiger partial charge in [0.15, 0.2) is 0 Å². The Morgan fingerprint density at radius 2 is 1.71 bits per heavy atom. The Morgan fingerprint density at radius 1 is 1.14 bits per heavy atom. The number of halogens is 1. The van der Waals surface area contributed by atoms with Gasteiger partial charge in [0.2, 0.25) is 0 Å². The van der Waals surface area contributed by atoms with Gasteiger partial charge in [0.1, 0.15) is 0 Å². The van der Waals surface area contributed by atoms with E-state index in [-0.39, 0.29) is 12.2 Å². The van der Waals surface area contributed by atoms with E-state index in [9.17, 15) is 12.3 Å². The number of hydrogen-bond acceptors (Lipinski definition) is 4. The zero-order chi connectivity index (χ0) is 10.8. The molecule has 0 atom stereocenters. The van der Waals surface area contributed by atoms with Crippen LogP contribution < -0.4 is 0 Å². The Balaban J connectivity index is 3.28. The average molecular weight is 220 g/mol. The van der Waals surface area contributed by atoms with Gasteiger partial charge in [-0.1, -0.05) is 6.07 Å². The average Bonchev–Trinajstić information content (AvgIpc) is 2.15. The molecule has 14 heavy (non-hydrogen) atoms. The third-order valence-corrected chi connectivity index (χ3v) is 2.62. The highest BCUT2D eigenvalue weighted by Crippen LogP contribution is 2.17. The minimum atomic E-state index is -4.75. The first-order valence-electron chi connectivity index (χ1n) is 3.77. The van der Waals surface area contributed by atoms with Crippen LogP contribution >= 0.6 is 0 Å². The van der Waals surface area contributed by atoms with Crippen molar-refractivity contribution in [2.75, 3.05) is 0 Å². The molecule has 0 saturated carbocycles. The van der Waals surface area contributed by atoms with Crippen LogP contribution in [0, 0.1) is 0 Å². The van der Waals surface area contributed by atoms with Crippen LogP contribution in [-0.4, -0.2) is 18.6 Å². The zero-order valence-corrected chi connectivity index (χ0v) is 7.96. The van der Waals surface area contributed by atoms with Crippen LogP contribution in [0.3, 0.4) is 0 Å². The van der Waals surface area contributed by atoms with Crippen molar-refractivity contribution >= 4 is 10.2 Å². The largest absolute Gasteiger partial charge is 0.392 e. The predicted octanol–water partition coefficient (Wildman–Crippen LogP) is 0.329. The van der Waals surface area contributed by atoms with Gasteiger partial charge in [0.05, 0.1) is 18.1 Å². The second-order valence-electron chi connectivity index (χ2n) is 2.68. The van der Waals surface area contributed by atoms with E-state index in [0.29, 0.717) is 5.56 Å². The van der Waals surface area contributed by atoms with Crippen molar-refractivity contribution in [3.8, 4) is 0 Å². The number of rotatable bonds is 3. The first kappa shape index (κ1) is 11.1. The smallest absolute Gasteiger partial charge is 0.332 e. The normalized spacial score (nSPS) is 11.6. The Labute approximate surface area is 80.8 Å². The van der Waals surface area contributed by atoms with E-state index in [4.69, 9.17) is 10.2 Å². The van der Waals surface area contributed by atoms with Crippen molar-refractivity contribution in [3.63, 3.8) is 0 Å². The lowest BCUT2D eigenvalue weighted by atomic mass is 10.1. The van der Waals surface area contributed by atoms with Gasteiger partial charge in [0.25, 0.3) is 0 Å². The Morgan fingerprint density at radius 3 is 2.14 bits per heavy atom. The molecule has 78 valence electrons. The third kappa shape index (κ3) is 2.28. The van der Waals surface area contributed by atoms with Gasteiger partial charge < -0.3 is 10.2 Å². The number of aliphatic hydroxyl groups is 2. The fourth-order valence-corrected chi connectivity index (χ4v) is 1.57. The Hall–Kier alpha value is -0.980. The molecule has 0 amide bonds. The first-order valence-corrected chi connectivity index (χ1v) is 5.15. The predicted molar refractivity (Wildman–Crippen MR) is 46.6 cm³/mol. The molecule has 0 bridgehead atoms. The van der Waals surface area contributed by atoms with Crippen LogP contribution in [-0.2, 0) is 23.4 Å². The summed E-state index contributed by atoms with van der Waals surface area (Å²) < 4.78 is 33.5. The van der Waals surface area contributed by atoms with Gasteiger partial charge in [-0.25, -0.2) is 0 Å². The number of hydrogen-bond donors (Lipinski definition) is 2. The van der Waals surface area contributed by atoms with E-state index >= 15 is 0 Å². The molecule has 1 aromatic rings. The lowest BCUT2D eigenvalue weighted by Crippen LogP contribution is -1.98. The van der Waals surface area contributed by atoms with E-state index in [1.54, 1.807) is 0 Å². The first-order chi connectivity index (χ1) is 6.49. The summed E-state index contributed by atoms with van der Waals surface area (Å²) in [6, 6.07) is 3.30. The maximum atomic E-state index is 12.5. The van der Waals surface area contributed by atoms with Crippen molar-refractivity contribution in [2.45, 2.75) is 18.1 Å². The molecule has 0 aliphatic heterocycles. The van der Waals surface area contributed by atoms with E-state index in [1.807, 2.05) is 0 Å². The van der Waals surface area contributed by atoms with Crippen molar-refractivity contribution in [1.29, 1.82) is 0 Å². The van der Waals surface area contributed by atoms with Gasteiger partial charge in [-0.2, -0.15) is 8.42 Å². The zero-order valence-electron chi connectivity index (χ0n) is 7.14. The Bertz CT molecular complexity index is 427. The summed E-state index contributed by atoms with van der Waals surface area (Å²) in [5, 5.41) is 17.6. The van der Waals surface area contributed by atoms with Gasteiger partial charge in [-0.05, 0) is 23.3 Å². The number of benzene rings is 1. The maximum absolute atomic E-state index is 12.5. The second-order valence-corrected chi connectivity index (χ2v) is 4.03. The number of aliphatic hydroxyl groups excluding tert-OH is 2. The summed E-state index contributed by atoms with van der Waals surface area (Å²) in [4.78, 5) is -0.515. The molecule has 0 spiro atoms. The summed E-state index contributed by atoms with van der Waals surface area (Å²) in [6.45, 7) is -0.776. The quantitative estimate of drug-likeness (QED) is 0.720. The molecule has 0 heterocycles. The van der Waals surface area contributed by atoms with Gasteiger partial charge >= 0.3 is 10.2 Å². The molecular formula is C8H9FO4S. The van der Waals surface area contributed by atoms with E-state index in [0.717, 1.165) is 12.1 Å². The van der Waals surface area contributed by atoms with Crippen molar-refractivity contribution in [3.05, 3.63) is 29.3 Å². The van der Waals surface area contributed by atoms with Crippen LogP contribution in [0.15, 0.2) is 23.1 Å². The minimum absolute atomic E-state index is 0.200. The molecule has 4 nitrogen and oxygen atoms in total. The Kier molecular flexibility index (Phi) is 3.20. The molecule has 0 fully saturated rings. The molecule has 1 aromatic carbocycles. The fraction of sp³-hybridized carbons (Fsp3) is 0.250.